The van der Waals surface area contributed by atoms with Crippen molar-refractivity contribution in [2.24, 2.45) is 5.73 Å². The molecule has 0 unspecified atom stereocenters. The van der Waals surface area contributed by atoms with Gasteiger partial charge in [0.25, 0.3) is 0 Å². The predicted molar refractivity (Wildman–Crippen MR) is 83.7 cm³/mol. The predicted octanol–water partition coefficient (Wildman–Crippen LogP) is 1.19. The van der Waals surface area contributed by atoms with Crippen LogP contribution in [-0.4, -0.2) is 62.2 Å². The second kappa shape index (κ2) is 7.85. The maximum absolute atomic E-state index is 12.4. The number of hydrogen-bond donors (Lipinski definition) is 2. The molecule has 0 bridgehead atoms. The lowest BCUT2D eigenvalue weighted by atomic mass is 10.3. The molecule has 21 heavy (non-hydrogen) atoms. The van der Waals surface area contributed by atoms with Gasteiger partial charge in [-0.3, -0.25) is 0 Å². The van der Waals surface area contributed by atoms with Crippen LogP contribution < -0.4 is 15.8 Å². The SMILES string of the molecule is COc1ccccc1NC(=O)N1CCCN(CCN)CC1. The van der Waals surface area contributed by atoms with Gasteiger partial charge in [0, 0.05) is 32.7 Å². The van der Waals surface area contributed by atoms with Gasteiger partial charge in [0.05, 0.1) is 12.8 Å². The van der Waals surface area contributed by atoms with Crippen LogP contribution in [0.1, 0.15) is 6.42 Å². The van der Waals surface area contributed by atoms with E-state index in [-0.39, 0.29) is 6.03 Å². The Labute approximate surface area is 125 Å². The molecule has 1 heterocycles. The molecule has 0 atom stereocenters. The molecule has 0 aliphatic carbocycles. The Morgan fingerprint density at radius 3 is 2.86 bits per heavy atom. The molecule has 1 saturated heterocycles. The summed E-state index contributed by atoms with van der Waals surface area (Å²) in [5, 5.41) is 2.92. The monoisotopic (exact) mass is 292 g/mol. The molecule has 0 radical (unpaired) electrons. The van der Waals surface area contributed by atoms with E-state index in [9.17, 15) is 4.79 Å². The number of ether oxygens (including phenoxy) is 1. The Morgan fingerprint density at radius 2 is 2.10 bits per heavy atom. The average molecular weight is 292 g/mol. The van der Waals surface area contributed by atoms with E-state index < -0.39 is 0 Å². The average Bonchev–Trinajstić information content (AvgIpc) is 2.74. The second-order valence-corrected chi connectivity index (χ2v) is 5.10. The van der Waals surface area contributed by atoms with Gasteiger partial charge in [0.1, 0.15) is 5.75 Å². The number of nitrogens with zero attached hydrogens (tertiary/aromatic N) is 2. The highest BCUT2D eigenvalue weighted by molar-refractivity contribution is 5.91. The van der Waals surface area contributed by atoms with Crippen LogP contribution in [-0.2, 0) is 0 Å². The van der Waals surface area contributed by atoms with E-state index in [0.717, 1.165) is 39.1 Å². The number of carbonyl (C=O) groups excluding carboxylic acids is 1. The fraction of sp³-hybridized carbons (Fsp3) is 0.533. The number of urea groups is 1. The van der Waals surface area contributed by atoms with Crippen molar-refractivity contribution in [1.29, 1.82) is 0 Å². The molecule has 2 amide bonds. The molecule has 1 aliphatic heterocycles. The van der Waals surface area contributed by atoms with Crippen LogP contribution in [0.25, 0.3) is 0 Å². The van der Waals surface area contributed by atoms with E-state index in [1.54, 1.807) is 7.11 Å². The van der Waals surface area contributed by atoms with Crippen molar-refractivity contribution >= 4 is 11.7 Å². The summed E-state index contributed by atoms with van der Waals surface area (Å²) in [5.74, 6) is 0.672. The molecule has 6 nitrogen and oxygen atoms in total. The highest BCUT2D eigenvalue weighted by Gasteiger charge is 2.19. The summed E-state index contributed by atoms with van der Waals surface area (Å²) in [6, 6.07) is 7.36. The highest BCUT2D eigenvalue weighted by Crippen LogP contribution is 2.23. The van der Waals surface area contributed by atoms with Crippen molar-refractivity contribution in [3.05, 3.63) is 24.3 Å². The largest absolute Gasteiger partial charge is 0.495 e. The molecule has 0 aromatic heterocycles. The molecule has 1 aliphatic rings. The number of para-hydroxylation sites is 2. The first kappa shape index (κ1) is 15.6. The van der Waals surface area contributed by atoms with E-state index in [1.165, 1.54) is 0 Å². The molecule has 0 saturated carbocycles. The summed E-state index contributed by atoms with van der Waals surface area (Å²) in [6.07, 6.45) is 0.972. The van der Waals surface area contributed by atoms with Gasteiger partial charge < -0.3 is 25.6 Å². The summed E-state index contributed by atoms with van der Waals surface area (Å²) in [6.45, 7) is 4.91. The first-order valence-electron chi connectivity index (χ1n) is 7.36. The first-order chi connectivity index (χ1) is 10.2. The van der Waals surface area contributed by atoms with Gasteiger partial charge in [0.15, 0.2) is 0 Å². The molecule has 2 rings (SSSR count). The number of carbonyl (C=O) groups is 1. The number of rotatable bonds is 4. The van der Waals surface area contributed by atoms with Gasteiger partial charge in [-0.15, -0.1) is 0 Å². The fourth-order valence-electron chi connectivity index (χ4n) is 2.52. The quantitative estimate of drug-likeness (QED) is 0.874. The van der Waals surface area contributed by atoms with Gasteiger partial charge in [0.2, 0.25) is 0 Å². The number of anilines is 1. The molecule has 1 fully saturated rings. The number of nitrogens with one attached hydrogen (secondary N) is 1. The fourth-order valence-corrected chi connectivity index (χ4v) is 2.52. The Bertz CT molecular complexity index is 467. The lowest BCUT2D eigenvalue weighted by Crippen LogP contribution is -2.38. The van der Waals surface area contributed by atoms with Crippen LogP contribution in [0.5, 0.6) is 5.75 Å². The zero-order valence-corrected chi connectivity index (χ0v) is 12.5. The van der Waals surface area contributed by atoms with Gasteiger partial charge in [-0.2, -0.15) is 0 Å². The standard InChI is InChI=1S/C15H24N4O2/c1-21-14-6-3-2-5-13(14)17-15(20)19-9-4-8-18(10-7-16)11-12-19/h2-3,5-6H,4,7-12,16H2,1H3,(H,17,20). The minimum Gasteiger partial charge on any atom is -0.495 e. The number of nitrogens with two attached hydrogens (primary N) is 1. The lowest BCUT2D eigenvalue weighted by molar-refractivity contribution is 0.211. The van der Waals surface area contributed by atoms with E-state index in [2.05, 4.69) is 10.2 Å². The third-order valence-electron chi connectivity index (χ3n) is 3.67. The van der Waals surface area contributed by atoms with Crippen LogP contribution in [0.15, 0.2) is 24.3 Å². The molecule has 116 valence electrons. The zero-order chi connectivity index (χ0) is 15.1. The maximum atomic E-state index is 12.4. The van der Waals surface area contributed by atoms with Crippen LogP contribution in [0.2, 0.25) is 0 Å². The molecular formula is C15H24N4O2. The summed E-state index contributed by atoms with van der Waals surface area (Å²) in [7, 11) is 1.60. The Balaban J connectivity index is 1.94. The van der Waals surface area contributed by atoms with E-state index >= 15 is 0 Å². The van der Waals surface area contributed by atoms with Crippen LogP contribution >= 0.6 is 0 Å². The Hall–Kier alpha value is -1.79. The zero-order valence-electron chi connectivity index (χ0n) is 12.5. The normalized spacial score (nSPS) is 16.4. The minimum absolute atomic E-state index is 0.0749. The van der Waals surface area contributed by atoms with Crippen LogP contribution in [0.3, 0.4) is 0 Å². The molecule has 6 heteroatoms. The summed E-state index contributed by atoms with van der Waals surface area (Å²) < 4.78 is 5.25. The summed E-state index contributed by atoms with van der Waals surface area (Å²) in [4.78, 5) is 16.5. The van der Waals surface area contributed by atoms with Crippen molar-refractivity contribution in [3.63, 3.8) is 0 Å². The van der Waals surface area contributed by atoms with Crippen molar-refractivity contribution in [2.45, 2.75) is 6.42 Å². The van der Waals surface area contributed by atoms with Gasteiger partial charge in [-0.05, 0) is 25.1 Å². The maximum Gasteiger partial charge on any atom is 0.321 e. The summed E-state index contributed by atoms with van der Waals surface area (Å²) >= 11 is 0. The van der Waals surface area contributed by atoms with E-state index in [1.807, 2.05) is 29.2 Å². The third kappa shape index (κ3) is 4.34. The van der Waals surface area contributed by atoms with Crippen molar-refractivity contribution in [3.8, 4) is 5.75 Å². The van der Waals surface area contributed by atoms with Gasteiger partial charge in [-0.25, -0.2) is 4.79 Å². The molecule has 1 aromatic rings. The number of amides is 2. The van der Waals surface area contributed by atoms with E-state index in [4.69, 9.17) is 10.5 Å². The van der Waals surface area contributed by atoms with Crippen molar-refractivity contribution in [2.75, 3.05) is 51.7 Å². The molecule has 1 aromatic carbocycles. The number of hydrogen-bond acceptors (Lipinski definition) is 4. The number of benzene rings is 1. The third-order valence-corrected chi connectivity index (χ3v) is 3.67. The van der Waals surface area contributed by atoms with Crippen LogP contribution in [0, 0.1) is 0 Å². The highest BCUT2D eigenvalue weighted by atomic mass is 16.5. The van der Waals surface area contributed by atoms with Crippen molar-refractivity contribution < 1.29 is 9.53 Å². The minimum atomic E-state index is -0.0749. The molecule has 0 spiro atoms. The van der Waals surface area contributed by atoms with Gasteiger partial charge in [-0.1, -0.05) is 12.1 Å². The Kier molecular flexibility index (Phi) is 5.83. The summed E-state index contributed by atoms with van der Waals surface area (Å²) in [5.41, 5.74) is 6.29. The molecule has 3 N–H and O–H groups in total. The number of methoxy groups -OCH3 is 1. The smallest absolute Gasteiger partial charge is 0.321 e. The molecular weight excluding hydrogens is 268 g/mol. The Morgan fingerprint density at radius 1 is 1.29 bits per heavy atom. The second-order valence-electron chi connectivity index (χ2n) is 5.10. The van der Waals surface area contributed by atoms with Crippen LogP contribution in [0.4, 0.5) is 10.5 Å². The van der Waals surface area contributed by atoms with E-state index in [0.29, 0.717) is 18.0 Å². The topological polar surface area (TPSA) is 70.8 Å². The first-order valence-corrected chi connectivity index (χ1v) is 7.36. The van der Waals surface area contributed by atoms with Gasteiger partial charge >= 0.3 is 6.03 Å². The lowest BCUT2D eigenvalue weighted by Gasteiger charge is -2.22. The van der Waals surface area contributed by atoms with Crippen molar-refractivity contribution in [1.82, 2.24) is 9.80 Å².